The van der Waals surface area contributed by atoms with Gasteiger partial charge in [0.15, 0.2) is 0 Å². The van der Waals surface area contributed by atoms with Crippen molar-refractivity contribution in [3.63, 3.8) is 0 Å². The van der Waals surface area contributed by atoms with Crippen molar-refractivity contribution in [2.75, 3.05) is 31.1 Å². The second-order valence-electron chi connectivity index (χ2n) is 6.74. The predicted molar refractivity (Wildman–Crippen MR) is 95.2 cm³/mol. The first kappa shape index (κ1) is 16.0. The molecule has 1 aromatic heterocycles. The van der Waals surface area contributed by atoms with Crippen LogP contribution in [0, 0.1) is 5.82 Å². The van der Waals surface area contributed by atoms with Crippen LogP contribution in [0.4, 0.5) is 9.52 Å². The molecule has 2 saturated heterocycles. The molecule has 3 heterocycles. The summed E-state index contributed by atoms with van der Waals surface area (Å²) < 4.78 is 13.0. The van der Waals surface area contributed by atoms with E-state index in [0.717, 1.165) is 41.3 Å². The molecule has 0 atom stereocenters. The molecule has 2 aliphatic heterocycles. The van der Waals surface area contributed by atoms with E-state index >= 15 is 0 Å². The number of halogens is 1. The number of benzene rings is 1. The van der Waals surface area contributed by atoms with Crippen molar-refractivity contribution in [2.45, 2.75) is 38.1 Å². The number of anilines is 1. The second-order valence-corrected chi connectivity index (χ2v) is 7.78. The van der Waals surface area contributed by atoms with Crippen molar-refractivity contribution in [1.29, 1.82) is 0 Å². The molecule has 0 amide bonds. The summed E-state index contributed by atoms with van der Waals surface area (Å²) in [5.74, 6) is -0.197. The van der Waals surface area contributed by atoms with Crippen molar-refractivity contribution >= 4 is 16.5 Å². The number of nitrogens with zero attached hydrogens (tertiary/aromatic N) is 4. The van der Waals surface area contributed by atoms with Crippen LogP contribution in [0.3, 0.4) is 0 Å². The molecule has 128 valence electrons. The van der Waals surface area contributed by atoms with Crippen molar-refractivity contribution in [1.82, 2.24) is 15.1 Å². The lowest BCUT2D eigenvalue weighted by Crippen LogP contribution is -2.43. The van der Waals surface area contributed by atoms with Gasteiger partial charge in [-0.3, -0.25) is 0 Å². The van der Waals surface area contributed by atoms with Crippen LogP contribution in [-0.2, 0) is 6.42 Å². The van der Waals surface area contributed by atoms with Gasteiger partial charge in [0.05, 0.1) is 0 Å². The Hall–Kier alpha value is -1.53. The molecular weight excluding hydrogens is 323 g/mol. The molecule has 2 fully saturated rings. The normalized spacial score (nSPS) is 20.0. The van der Waals surface area contributed by atoms with E-state index in [1.54, 1.807) is 11.3 Å². The fraction of sp³-hybridized carbons (Fsp3) is 0.556. The maximum Gasteiger partial charge on any atom is 0.208 e. The number of hydrogen-bond acceptors (Lipinski definition) is 5. The summed E-state index contributed by atoms with van der Waals surface area (Å²) in [5, 5.41) is 10.7. The average molecular weight is 346 g/mol. The lowest BCUT2D eigenvalue weighted by Gasteiger charge is -2.36. The molecule has 24 heavy (non-hydrogen) atoms. The molecule has 0 spiro atoms. The van der Waals surface area contributed by atoms with Gasteiger partial charge >= 0.3 is 0 Å². The van der Waals surface area contributed by atoms with E-state index in [1.807, 2.05) is 12.1 Å². The lowest BCUT2D eigenvalue weighted by atomic mass is 10.0. The molecule has 2 aromatic rings. The van der Waals surface area contributed by atoms with Crippen LogP contribution in [0.2, 0.25) is 0 Å². The van der Waals surface area contributed by atoms with Gasteiger partial charge in [-0.2, -0.15) is 0 Å². The van der Waals surface area contributed by atoms with Crippen LogP contribution in [0.1, 0.15) is 36.3 Å². The first-order valence-corrected chi connectivity index (χ1v) is 9.65. The smallest absolute Gasteiger partial charge is 0.208 e. The minimum absolute atomic E-state index is 0.197. The highest BCUT2D eigenvalue weighted by Gasteiger charge is 2.27. The van der Waals surface area contributed by atoms with Gasteiger partial charge in [0.25, 0.3) is 0 Å². The van der Waals surface area contributed by atoms with Crippen molar-refractivity contribution < 1.29 is 4.39 Å². The zero-order chi connectivity index (χ0) is 16.4. The Morgan fingerprint density at radius 3 is 2.42 bits per heavy atom. The SMILES string of the molecule is Fc1ccc(Cc2nnc(N3CCC(N4CCCC4)CC3)s2)cc1. The van der Waals surface area contributed by atoms with E-state index in [2.05, 4.69) is 20.0 Å². The van der Waals surface area contributed by atoms with E-state index in [9.17, 15) is 4.39 Å². The van der Waals surface area contributed by atoms with Gasteiger partial charge in [0.1, 0.15) is 10.8 Å². The van der Waals surface area contributed by atoms with E-state index in [4.69, 9.17) is 0 Å². The standard InChI is InChI=1S/C18H23FN4S/c19-15-5-3-14(4-6-15)13-17-20-21-18(24-17)23-11-7-16(8-12-23)22-9-1-2-10-22/h3-6,16H,1-2,7-13H2. The number of hydrogen-bond donors (Lipinski definition) is 0. The first-order chi connectivity index (χ1) is 11.8. The van der Waals surface area contributed by atoms with Gasteiger partial charge in [-0.25, -0.2) is 4.39 Å². The first-order valence-electron chi connectivity index (χ1n) is 8.84. The lowest BCUT2D eigenvalue weighted by molar-refractivity contribution is 0.208. The third-order valence-corrected chi connectivity index (χ3v) is 6.10. The molecule has 0 aliphatic carbocycles. The second kappa shape index (κ2) is 7.15. The summed E-state index contributed by atoms with van der Waals surface area (Å²) in [6.07, 6.45) is 5.91. The molecule has 0 N–H and O–H groups in total. The van der Waals surface area contributed by atoms with Gasteiger partial charge in [-0.05, 0) is 56.5 Å². The topological polar surface area (TPSA) is 32.3 Å². The summed E-state index contributed by atoms with van der Waals surface area (Å²) in [6, 6.07) is 7.40. The number of piperidine rings is 1. The summed E-state index contributed by atoms with van der Waals surface area (Å²) in [6.45, 7) is 4.72. The number of aromatic nitrogens is 2. The van der Waals surface area contributed by atoms with Crippen LogP contribution < -0.4 is 4.90 Å². The summed E-state index contributed by atoms with van der Waals surface area (Å²) >= 11 is 1.67. The monoisotopic (exact) mass is 346 g/mol. The number of likely N-dealkylation sites (tertiary alicyclic amines) is 1. The van der Waals surface area contributed by atoms with Crippen LogP contribution >= 0.6 is 11.3 Å². The molecule has 0 saturated carbocycles. The number of rotatable bonds is 4. The molecule has 2 aliphatic rings. The van der Waals surface area contributed by atoms with E-state index < -0.39 is 0 Å². The molecular formula is C18H23FN4S. The van der Waals surface area contributed by atoms with Crippen LogP contribution in [0.15, 0.2) is 24.3 Å². The summed E-state index contributed by atoms with van der Waals surface area (Å²) in [4.78, 5) is 5.04. The largest absolute Gasteiger partial charge is 0.347 e. The highest BCUT2D eigenvalue weighted by Crippen LogP contribution is 2.27. The highest BCUT2D eigenvalue weighted by molar-refractivity contribution is 7.15. The third-order valence-electron chi connectivity index (χ3n) is 5.12. The van der Waals surface area contributed by atoms with Gasteiger partial charge in [-0.15, -0.1) is 10.2 Å². The molecule has 0 radical (unpaired) electrons. The molecule has 4 rings (SSSR count). The average Bonchev–Trinajstić information content (AvgIpc) is 3.29. The quantitative estimate of drug-likeness (QED) is 0.850. The Balaban J connectivity index is 1.34. The predicted octanol–water partition coefficient (Wildman–Crippen LogP) is 3.33. The maximum absolute atomic E-state index is 13.0. The van der Waals surface area contributed by atoms with Gasteiger partial charge < -0.3 is 9.80 Å². The molecule has 0 unspecified atom stereocenters. The van der Waals surface area contributed by atoms with Gasteiger partial charge in [0.2, 0.25) is 5.13 Å². The zero-order valence-corrected chi connectivity index (χ0v) is 14.6. The maximum atomic E-state index is 13.0. The summed E-state index contributed by atoms with van der Waals surface area (Å²) in [7, 11) is 0. The minimum Gasteiger partial charge on any atom is -0.347 e. The van der Waals surface area contributed by atoms with Gasteiger partial charge in [0, 0.05) is 25.6 Å². The molecule has 6 heteroatoms. The summed E-state index contributed by atoms with van der Waals surface area (Å²) in [5.41, 5.74) is 1.08. The Morgan fingerprint density at radius 2 is 1.71 bits per heavy atom. The Bertz CT molecular complexity index is 658. The zero-order valence-electron chi connectivity index (χ0n) is 13.8. The van der Waals surface area contributed by atoms with E-state index in [1.165, 1.54) is 50.9 Å². The highest BCUT2D eigenvalue weighted by atomic mass is 32.1. The van der Waals surface area contributed by atoms with Crippen molar-refractivity contribution in [3.8, 4) is 0 Å². The van der Waals surface area contributed by atoms with Crippen molar-refractivity contribution in [2.24, 2.45) is 0 Å². The van der Waals surface area contributed by atoms with E-state index in [0.29, 0.717) is 0 Å². The fourth-order valence-electron chi connectivity index (χ4n) is 3.75. The fourth-order valence-corrected chi connectivity index (χ4v) is 4.67. The molecule has 1 aromatic carbocycles. The van der Waals surface area contributed by atoms with E-state index in [-0.39, 0.29) is 5.82 Å². The Morgan fingerprint density at radius 1 is 1.00 bits per heavy atom. The van der Waals surface area contributed by atoms with Crippen LogP contribution in [0.25, 0.3) is 0 Å². The Labute approximate surface area is 146 Å². The molecule has 4 nitrogen and oxygen atoms in total. The van der Waals surface area contributed by atoms with Crippen LogP contribution in [0.5, 0.6) is 0 Å². The minimum atomic E-state index is -0.197. The third kappa shape index (κ3) is 3.59. The Kier molecular flexibility index (Phi) is 4.76. The molecule has 0 bridgehead atoms. The van der Waals surface area contributed by atoms with Gasteiger partial charge in [-0.1, -0.05) is 23.5 Å². The van der Waals surface area contributed by atoms with Crippen LogP contribution in [-0.4, -0.2) is 47.3 Å². The van der Waals surface area contributed by atoms with Crippen molar-refractivity contribution in [3.05, 3.63) is 40.7 Å².